The zero-order chi connectivity index (χ0) is 10.1. The van der Waals surface area contributed by atoms with Crippen LogP contribution in [0, 0.1) is 6.92 Å². The van der Waals surface area contributed by atoms with Crippen LogP contribution in [-0.2, 0) is 11.2 Å². The number of aryl methyl sites for hydroxylation is 1. The highest BCUT2D eigenvalue weighted by molar-refractivity contribution is 5.51. The number of aromatic nitrogens is 2. The van der Waals surface area contributed by atoms with E-state index in [2.05, 4.69) is 9.97 Å². The molecule has 1 unspecified atom stereocenters. The highest BCUT2D eigenvalue weighted by Crippen LogP contribution is 2.15. The van der Waals surface area contributed by atoms with Crippen LogP contribution >= 0.6 is 0 Å². The van der Waals surface area contributed by atoms with E-state index in [4.69, 9.17) is 4.74 Å². The van der Waals surface area contributed by atoms with Crippen LogP contribution < -0.4 is 5.56 Å². The van der Waals surface area contributed by atoms with Gasteiger partial charge in [-0.05, 0) is 13.0 Å². The van der Waals surface area contributed by atoms with Crippen molar-refractivity contribution in [1.29, 1.82) is 0 Å². The van der Waals surface area contributed by atoms with Crippen molar-refractivity contribution in [3.8, 4) is 0 Å². The largest absolute Gasteiger partial charge is 0.377 e. The molecular weight excluding hydrogens is 180 g/mol. The highest BCUT2D eigenvalue weighted by atomic mass is 16.5. The lowest BCUT2D eigenvalue weighted by Gasteiger charge is -2.16. The standard InChI is InChI=1S/C10H12N2O2/c1-6-10(13)12-9-5-7(14-2)3-4-8(9)11-6/h3-4,7H,5H2,1-2H3,(H,12,13). The molecule has 1 N–H and O–H groups in total. The predicted octanol–water partition coefficient (Wildman–Crippen LogP) is 0.663. The van der Waals surface area contributed by atoms with Crippen LogP contribution in [-0.4, -0.2) is 23.2 Å². The molecule has 0 aliphatic heterocycles. The first-order valence-electron chi connectivity index (χ1n) is 4.51. The van der Waals surface area contributed by atoms with Gasteiger partial charge >= 0.3 is 0 Å². The van der Waals surface area contributed by atoms with Crippen molar-refractivity contribution in [2.75, 3.05) is 7.11 Å². The Hall–Kier alpha value is -1.42. The molecule has 0 saturated heterocycles. The molecule has 0 spiro atoms. The van der Waals surface area contributed by atoms with E-state index >= 15 is 0 Å². The number of aromatic amines is 1. The molecule has 1 atom stereocenters. The van der Waals surface area contributed by atoms with Crippen LogP contribution in [0.5, 0.6) is 0 Å². The molecule has 0 aromatic carbocycles. The summed E-state index contributed by atoms with van der Waals surface area (Å²) in [4.78, 5) is 18.3. The van der Waals surface area contributed by atoms with Gasteiger partial charge in [-0.1, -0.05) is 6.08 Å². The van der Waals surface area contributed by atoms with Crippen LogP contribution in [0.4, 0.5) is 0 Å². The van der Waals surface area contributed by atoms with Gasteiger partial charge in [-0.2, -0.15) is 0 Å². The lowest BCUT2D eigenvalue weighted by molar-refractivity contribution is 0.140. The van der Waals surface area contributed by atoms with Crippen molar-refractivity contribution >= 4 is 6.08 Å². The summed E-state index contributed by atoms with van der Waals surface area (Å²) >= 11 is 0. The number of rotatable bonds is 1. The molecule has 1 aromatic heterocycles. The molecule has 1 heterocycles. The molecule has 0 fully saturated rings. The topological polar surface area (TPSA) is 55.0 Å². The summed E-state index contributed by atoms with van der Waals surface area (Å²) in [6.45, 7) is 1.70. The second-order valence-electron chi connectivity index (χ2n) is 3.35. The summed E-state index contributed by atoms with van der Waals surface area (Å²) in [5.41, 5.74) is 2.09. The van der Waals surface area contributed by atoms with Crippen molar-refractivity contribution in [2.24, 2.45) is 0 Å². The summed E-state index contributed by atoms with van der Waals surface area (Å²) in [6, 6.07) is 0. The summed E-state index contributed by atoms with van der Waals surface area (Å²) in [6.07, 6.45) is 4.57. The van der Waals surface area contributed by atoms with E-state index in [1.165, 1.54) is 0 Å². The monoisotopic (exact) mass is 192 g/mol. The first-order valence-corrected chi connectivity index (χ1v) is 4.51. The average molecular weight is 192 g/mol. The second-order valence-corrected chi connectivity index (χ2v) is 3.35. The van der Waals surface area contributed by atoms with Gasteiger partial charge in [0.15, 0.2) is 0 Å². The fourth-order valence-electron chi connectivity index (χ4n) is 1.51. The van der Waals surface area contributed by atoms with Crippen molar-refractivity contribution in [3.05, 3.63) is 33.5 Å². The van der Waals surface area contributed by atoms with E-state index in [-0.39, 0.29) is 11.7 Å². The van der Waals surface area contributed by atoms with Gasteiger partial charge in [0.05, 0.1) is 11.8 Å². The Balaban J connectivity index is 2.47. The third-order valence-corrected chi connectivity index (χ3v) is 2.37. The molecule has 0 radical (unpaired) electrons. The van der Waals surface area contributed by atoms with Crippen LogP contribution in [0.15, 0.2) is 10.9 Å². The van der Waals surface area contributed by atoms with Crippen molar-refractivity contribution in [3.63, 3.8) is 0 Å². The predicted molar refractivity (Wildman–Crippen MR) is 53.1 cm³/mol. The lowest BCUT2D eigenvalue weighted by atomic mass is 10.0. The quantitative estimate of drug-likeness (QED) is 0.711. The summed E-state index contributed by atoms with van der Waals surface area (Å²) in [5, 5.41) is 0. The summed E-state index contributed by atoms with van der Waals surface area (Å²) in [5.74, 6) is 0. The fraction of sp³-hybridized carbons (Fsp3) is 0.400. The molecule has 74 valence electrons. The van der Waals surface area contributed by atoms with E-state index in [1.54, 1.807) is 14.0 Å². The number of nitrogens with zero attached hydrogens (tertiary/aromatic N) is 1. The first kappa shape index (κ1) is 9.15. The normalized spacial score (nSPS) is 19.4. The number of H-pyrrole nitrogens is 1. The third kappa shape index (κ3) is 1.48. The minimum absolute atomic E-state index is 0.0441. The van der Waals surface area contributed by atoms with Gasteiger partial charge in [0.1, 0.15) is 5.69 Å². The Kier molecular flexibility index (Phi) is 2.21. The Labute approximate surface area is 81.6 Å². The Morgan fingerprint density at radius 2 is 2.43 bits per heavy atom. The average Bonchev–Trinajstić information content (AvgIpc) is 2.19. The summed E-state index contributed by atoms with van der Waals surface area (Å²) < 4.78 is 5.18. The Bertz CT molecular complexity index is 434. The van der Waals surface area contributed by atoms with Gasteiger partial charge in [-0.25, -0.2) is 4.98 Å². The molecular formula is C10H12N2O2. The molecule has 0 saturated carbocycles. The van der Waals surface area contributed by atoms with Crippen molar-refractivity contribution < 1.29 is 4.74 Å². The zero-order valence-corrected chi connectivity index (χ0v) is 8.20. The van der Waals surface area contributed by atoms with Gasteiger partial charge in [0.2, 0.25) is 0 Å². The SMILES string of the molecule is COC1C=Cc2nc(C)c(=O)[nH]c2C1. The number of fused-ring (bicyclic) bond motifs is 1. The van der Waals surface area contributed by atoms with Gasteiger partial charge in [0, 0.05) is 19.2 Å². The van der Waals surface area contributed by atoms with Crippen LogP contribution in [0.1, 0.15) is 17.1 Å². The van der Waals surface area contributed by atoms with Crippen molar-refractivity contribution in [1.82, 2.24) is 9.97 Å². The number of nitrogens with one attached hydrogen (secondary N) is 1. The maximum Gasteiger partial charge on any atom is 0.269 e. The van der Waals surface area contributed by atoms with Gasteiger partial charge in [-0.15, -0.1) is 0 Å². The number of ether oxygens (including phenoxy) is 1. The molecule has 4 heteroatoms. The molecule has 1 aliphatic rings. The molecule has 1 aliphatic carbocycles. The van der Waals surface area contributed by atoms with E-state index in [9.17, 15) is 4.79 Å². The number of hydrogen-bond donors (Lipinski definition) is 1. The van der Waals surface area contributed by atoms with E-state index < -0.39 is 0 Å². The molecule has 0 amide bonds. The summed E-state index contributed by atoms with van der Waals surface area (Å²) in [7, 11) is 1.65. The zero-order valence-electron chi connectivity index (χ0n) is 8.20. The molecule has 4 nitrogen and oxygen atoms in total. The number of hydrogen-bond acceptors (Lipinski definition) is 3. The third-order valence-electron chi connectivity index (χ3n) is 2.37. The number of methoxy groups -OCH3 is 1. The first-order chi connectivity index (χ1) is 6.70. The molecule has 1 aromatic rings. The molecule has 14 heavy (non-hydrogen) atoms. The Morgan fingerprint density at radius 1 is 1.64 bits per heavy atom. The van der Waals surface area contributed by atoms with E-state index in [1.807, 2.05) is 12.2 Å². The van der Waals surface area contributed by atoms with Crippen LogP contribution in [0.25, 0.3) is 6.08 Å². The smallest absolute Gasteiger partial charge is 0.269 e. The fourth-order valence-corrected chi connectivity index (χ4v) is 1.51. The van der Waals surface area contributed by atoms with Gasteiger partial charge in [0.25, 0.3) is 5.56 Å². The minimum atomic E-state index is -0.117. The van der Waals surface area contributed by atoms with E-state index in [0.717, 1.165) is 11.4 Å². The molecule has 0 bridgehead atoms. The lowest BCUT2D eigenvalue weighted by Crippen LogP contribution is -2.23. The van der Waals surface area contributed by atoms with Gasteiger partial charge < -0.3 is 9.72 Å². The van der Waals surface area contributed by atoms with Gasteiger partial charge in [-0.3, -0.25) is 4.79 Å². The van der Waals surface area contributed by atoms with Crippen molar-refractivity contribution in [2.45, 2.75) is 19.4 Å². The van der Waals surface area contributed by atoms with Crippen LogP contribution in [0.3, 0.4) is 0 Å². The maximum atomic E-state index is 11.3. The van der Waals surface area contributed by atoms with Crippen LogP contribution in [0.2, 0.25) is 0 Å². The minimum Gasteiger partial charge on any atom is -0.377 e. The van der Waals surface area contributed by atoms with E-state index in [0.29, 0.717) is 12.1 Å². The molecule has 2 rings (SSSR count). The highest BCUT2D eigenvalue weighted by Gasteiger charge is 2.15. The Morgan fingerprint density at radius 3 is 3.14 bits per heavy atom. The maximum absolute atomic E-state index is 11.3. The second kappa shape index (κ2) is 3.38.